The van der Waals surface area contributed by atoms with Crippen LogP contribution in [0.1, 0.15) is 37.7 Å². The van der Waals surface area contributed by atoms with Crippen LogP contribution in [0.3, 0.4) is 0 Å². The second kappa shape index (κ2) is 10.4. The summed E-state index contributed by atoms with van der Waals surface area (Å²) < 4.78 is 89.2. The van der Waals surface area contributed by atoms with Crippen molar-refractivity contribution in [3.8, 4) is 29.0 Å². The first kappa shape index (κ1) is 29.7. The van der Waals surface area contributed by atoms with Gasteiger partial charge in [0.2, 0.25) is 0 Å². The lowest BCUT2D eigenvalue weighted by molar-refractivity contribution is -0.0589. The van der Waals surface area contributed by atoms with Crippen molar-refractivity contribution < 1.29 is 31.4 Å². The molecule has 0 saturated carbocycles. The van der Waals surface area contributed by atoms with Crippen LogP contribution in [0.15, 0.2) is 12.1 Å². The molecule has 0 radical (unpaired) electrons. The van der Waals surface area contributed by atoms with E-state index in [1.54, 1.807) is 0 Å². The molecular weight excluding hydrogens is 651 g/mol. The fraction of sp³-hybridized carbons (Fsp3) is 0.452. The van der Waals surface area contributed by atoms with E-state index in [-0.39, 0.29) is 97.7 Å². The quantitative estimate of drug-likeness (QED) is 0.235. The van der Waals surface area contributed by atoms with Gasteiger partial charge in [0.25, 0.3) is 5.92 Å². The molecule has 3 fully saturated rings. The standard InChI is InChI=1S/C31H26ClF5N6O2S/c32-22-20(15-3-4-17(34)26-19(15)16(10-38)27(39)46-26)23(35)24-21-25(22)44-12-18-31(36,37)6-2-8-43(18)28(21)41-29(40-24)45-13-30-5-1-7-42(30)11-14(33)9-30/h3-4,14,18H,1-2,5-9,11-13,39H2/t14-,18?,30?/m1/s1. The summed E-state index contributed by atoms with van der Waals surface area (Å²) in [5.74, 6) is -4.91. The summed E-state index contributed by atoms with van der Waals surface area (Å²) in [5, 5.41) is 9.68. The molecule has 2 unspecified atom stereocenters. The first-order valence-corrected chi connectivity index (χ1v) is 16.2. The van der Waals surface area contributed by atoms with Gasteiger partial charge >= 0.3 is 6.01 Å². The number of halogens is 6. The number of nitrogens with two attached hydrogens (primary N) is 1. The third kappa shape index (κ3) is 4.24. The Morgan fingerprint density at radius 1 is 1.17 bits per heavy atom. The topological polar surface area (TPSA) is 101 Å². The van der Waals surface area contributed by atoms with Crippen molar-refractivity contribution in [3.05, 3.63) is 34.4 Å². The van der Waals surface area contributed by atoms with Crippen LogP contribution in [0.25, 0.3) is 32.1 Å². The van der Waals surface area contributed by atoms with Crippen molar-refractivity contribution in [2.24, 2.45) is 0 Å². The van der Waals surface area contributed by atoms with Gasteiger partial charge < -0.3 is 20.1 Å². The molecule has 2 aromatic carbocycles. The van der Waals surface area contributed by atoms with Gasteiger partial charge in [-0.25, -0.2) is 22.0 Å². The number of thiophene rings is 1. The van der Waals surface area contributed by atoms with Crippen LogP contribution in [-0.2, 0) is 0 Å². The van der Waals surface area contributed by atoms with Crippen molar-refractivity contribution in [2.75, 3.05) is 43.5 Å². The predicted octanol–water partition coefficient (Wildman–Crippen LogP) is 6.85. The number of nitrogens with zero attached hydrogens (tertiary/aromatic N) is 5. The molecule has 0 amide bonds. The van der Waals surface area contributed by atoms with E-state index in [9.17, 15) is 14.0 Å². The Morgan fingerprint density at radius 3 is 2.78 bits per heavy atom. The highest BCUT2D eigenvalue weighted by atomic mass is 35.5. The molecule has 46 heavy (non-hydrogen) atoms. The third-order valence-corrected chi connectivity index (χ3v) is 11.2. The largest absolute Gasteiger partial charge is 0.489 e. The number of ether oxygens (including phenoxy) is 2. The smallest absolute Gasteiger partial charge is 0.319 e. The van der Waals surface area contributed by atoms with Crippen LogP contribution in [0.2, 0.25) is 5.02 Å². The minimum atomic E-state index is -3.16. The molecular formula is C31H26ClF5N6O2S. The fourth-order valence-corrected chi connectivity index (χ4v) is 8.98. The van der Waals surface area contributed by atoms with Crippen molar-refractivity contribution in [1.82, 2.24) is 14.9 Å². The highest BCUT2D eigenvalue weighted by molar-refractivity contribution is 7.23. The van der Waals surface area contributed by atoms with E-state index >= 15 is 13.2 Å². The number of rotatable bonds is 4. The van der Waals surface area contributed by atoms with Gasteiger partial charge in [-0.1, -0.05) is 17.7 Å². The number of piperidine rings is 1. The lowest BCUT2D eigenvalue weighted by Gasteiger charge is -2.40. The van der Waals surface area contributed by atoms with E-state index in [4.69, 9.17) is 26.8 Å². The average Bonchev–Trinajstić information content (AvgIpc) is 3.62. The second-order valence-electron chi connectivity index (χ2n) is 12.4. The Kier molecular flexibility index (Phi) is 6.73. The zero-order valence-corrected chi connectivity index (χ0v) is 25.8. The number of alkyl halides is 3. The summed E-state index contributed by atoms with van der Waals surface area (Å²) in [6.07, 6.45) is 0.602. The van der Waals surface area contributed by atoms with Gasteiger partial charge in [0, 0.05) is 36.9 Å². The molecule has 6 heterocycles. The molecule has 3 atom stereocenters. The first-order chi connectivity index (χ1) is 22.0. The monoisotopic (exact) mass is 676 g/mol. The molecule has 2 aromatic heterocycles. The molecule has 4 aliphatic rings. The van der Waals surface area contributed by atoms with Crippen LogP contribution >= 0.6 is 22.9 Å². The van der Waals surface area contributed by atoms with Crippen LogP contribution in [-0.4, -0.2) is 71.4 Å². The highest BCUT2D eigenvalue weighted by Gasteiger charge is 2.51. The number of aromatic nitrogens is 2. The van der Waals surface area contributed by atoms with E-state index in [0.717, 1.165) is 30.4 Å². The Bertz CT molecular complexity index is 1990. The molecule has 8 nitrogen and oxygen atoms in total. The van der Waals surface area contributed by atoms with Crippen LogP contribution in [0, 0.1) is 23.0 Å². The number of nitrogen functional groups attached to an aromatic ring is 1. The lowest BCUT2D eigenvalue weighted by atomic mass is 9.95. The summed E-state index contributed by atoms with van der Waals surface area (Å²) in [6.45, 7) is 0.748. The Hall–Kier alpha value is -3.67. The Morgan fingerprint density at radius 2 is 1.98 bits per heavy atom. The van der Waals surface area contributed by atoms with Gasteiger partial charge in [-0.2, -0.15) is 15.2 Å². The molecule has 240 valence electrons. The Balaban J connectivity index is 1.36. The molecule has 4 aromatic rings. The molecule has 15 heteroatoms. The maximum Gasteiger partial charge on any atom is 0.319 e. The van der Waals surface area contributed by atoms with Gasteiger partial charge in [-0.05, 0) is 37.4 Å². The molecule has 2 N–H and O–H groups in total. The minimum absolute atomic E-state index is 0.00663. The van der Waals surface area contributed by atoms with Gasteiger partial charge in [0.1, 0.15) is 53.6 Å². The van der Waals surface area contributed by atoms with Crippen molar-refractivity contribution in [1.29, 1.82) is 5.26 Å². The number of benzene rings is 2. The average molecular weight is 677 g/mol. The Labute approximate surface area is 268 Å². The van der Waals surface area contributed by atoms with Crippen molar-refractivity contribution in [2.45, 2.75) is 55.8 Å². The van der Waals surface area contributed by atoms with Gasteiger partial charge in [0.05, 0.1) is 26.2 Å². The lowest BCUT2D eigenvalue weighted by Crippen LogP contribution is -2.55. The normalized spacial score (nSPS) is 25.3. The molecule has 0 aliphatic carbocycles. The van der Waals surface area contributed by atoms with E-state index < -0.39 is 41.9 Å². The summed E-state index contributed by atoms with van der Waals surface area (Å²) >= 11 is 7.71. The number of fused-ring (bicyclic) bond motifs is 4. The van der Waals surface area contributed by atoms with E-state index in [1.165, 1.54) is 11.0 Å². The minimum Gasteiger partial charge on any atom is -0.489 e. The van der Waals surface area contributed by atoms with Crippen LogP contribution in [0.5, 0.6) is 11.8 Å². The molecule has 8 rings (SSSR count). The number of anilines is 2. The zero-order chi connectivity index (χ0) is 32.1. The predicted molar refractivity (Wildman–Crippen MR) is 164 cm³/mol. The highest BCUT2D eigenvalue weighted by Crippen LogP contribution is 2.52. The first-order valence-electron chi connectivity index (χ1n) is 15.0. The van der Waals surface area contributed by atoms with Gasteiger partial charge in [-0.3, -0.25) is 4.90 Å². The number of nitriles is 1. The fourth-order valence-electron chi connectivity index (χ4n) is 7.70. The van der Waals surface area contributed by atoms with E-state index in [0.29, 0.717) is 13.0 Å². The van der Waals surface area contributed by atoms with Crippen molar-refractivity contribution in [3.63, 3.8) is 0 Å². The number of hydrogen-bond acceptors (Lipinski definition) is 9. The molecule has 0 bridgehead atoms. The third-order valence-electron chi connectivity index (χ3n) is 9.80. The van der Waals surface area contributed by atoms with Gasteiger partial charge in [-0.15, -0.1) is 11.3 Å². The summed E-state index contributed by atoms with van der Waals surface area (Å²) in [7, 11) is 0. The maximum atomic E-state index is 17.0. The zero-order valence-electron chi connectivity index (χ0n) is 24.2. The van der Waals surface area contributed by atoms with Crippen molar-refractivity contribution >= 4 is 54.7 Å². The van der Waals surface area contributed by atoms with Gasteiger partial charge in [0.15, 0.2) is 11.6 Å². The number of hydrogen-bond donors (Lipinski definition) is 1. The molecule has 4 aliphatic heterocycles. The van der Waals surface area contributed by atoms with Crippen LogP contribution < -0.4 is 20.1 Å². The second-order valence-corrected chi connectivity index (χ2v) is 13.8. The SMILES string of the molecule is N#Cc1c(N)sc2c(F)ccc(-c3c(Cl)c4c5c(nc(OCC67CCCN6C[C@H](F)C7)nc5c3F)N3CCCC(F)(F)C3CO4)c12. The van der Waals surface area contributed by atoms with Crippen LogP contribution in [0.4, 0.5) is 32.8 Å². The van der Waals surface area contributed by atoms with E-state index in [1.807, 2.05) is 11.0 Å². The summed E-state index contributed by atoms with van der Waals surface area (Å²) in [6, 6.07) is 2.65. The van der Waals surface area contributed by atoms with E-state index in [2.05, 4.69) is 9.97 Å². The molecule has 3 saturated heterocycles. The summed E-state index contributed by atoms with van der Waals surface area (Å²) in [5.41, 5.74) is 4.89. The maximum absolute atomic E-state index is 17.0. The summed E-state index contributed by atoms with van der Waals surface area (Å²) in [4.78, 5) is 12.4. The molecule has 0 spiro atoms.